The molecule has 2 aromatic rings. The first-order valence-electron chi connectivity index (χ1n) is 3.64. The standard InChI is InChI=1S/C9H7NO2/c1-6(11)9-10-7-4-2-3-5-8(7)12-9/h2-5H,1H3. The van der Waals surface area contributed by atoms with Gasteiger partial charge in [-0.15, -0.1) is 0 Å². The highest BCUT2D eigenvalue weighted by molar-refractivity contribution is 5.92. The van der Waals surface area contributed by atoms with Gasteiger partial charge in [0.25, 0.3) is 5.89 Å². The number of benzene rings is 1. The molecule has 1 heterocycles. The maximum absolute atomic E-state index is 10.9. The minimum Gasteiger partial charge on any atom is -0.434 e. The number of hydrogen-bond donors (Lipinski definition) is 0. The molecule has 12 heavy (non-hydrogen) atoms. The molecule has 0 aliphatic rings. The topological polar surface area (TPSA) is 43.1 Å². The quantitative estimate of drug-likeness (QED) is 0.601. The van der Waals surface area contributed by atoms with Gasteiger partial charge < -0.3 is 4.42 Å². The first-order valence-corrected chi connectivity index (χ1v) is 3.64. The van der Waals surface area contributed by atoms with E-state index in [0.29, 0.717) is 5.58 Å². The van der Waals surface area contributed by atoms with Crippen molar-refractivity contribution in [3.63, 3.8) is 0 Å². The van der Waals surface area contributed by atoms with E-state index >= 15 is 0 Å². The average molecular weight is 161 g/mol. The summed E-state index contributed by atoms with van der Waals surface area (Å²) in [5.74, 6) is 0.0300. The normalized spacial score (nSPS) is 10.4. The highest BCUT2D eigenvalue weighted by Crippen LogP contribution is 2.14. The molecule has 0 bridgehead atoms. The molecular weight excluding hydrogens is 154 g/mol. The maximum atomic E-state index is 10.9. The SMILES string of the molecule is CC(=O)c1nc2ccccc2o1. The van der Waals surface area contributed by atoms with E-state index in [9.17, 15) is 4.79 Å². The summed E-state index contributed by atoms with van der Waals surface area (Å²) in [6.07, 6.45) is 0. The summed E-state index contributed by atoms with van der Waals surface area (Å²) in [6, 6.07) is 7.30. The van der Waals surface area contributed by atoms with E-state index in [1.54, 1.807) is 6.07 Å². The zero-order chi connectivity index (χ0) is 8.55. The summed E-state index contributed by atoms with van der Waals surface area (Å²) >= 11 is 0. The largest absolute Gasteiger partial charge is 0.434 e. The number of aromatic nitrogens is 1. The molecule has 0 aliphatic heterocycles. The summed E-state index contributed by atoms with van der Waals surface area (Å²) in [6.45, 7) is 1.44. The number of hydrogen-bond acceptors (Lipinski definition) is 3. The van der Waals surface area contributed by atoms with Crippen molar-refractivity contribution < 1.29 is 9.21 Å². The van der Waals surface area contributed by atoms with Gasteiger partial charge in [0.05, 0.1) is 0 Å². The Morgan fingerprint density at radius 1 is 1.42 bits per heavy atom. The Bertz CT molecular complexity index is 398. The van der Waals surface area contributed by atoms with Crippen molar-refractivity contribution in [2.45, 2.75) is 6.92 Å². The van der Waals surface area contributed by atoms with Crippen LogP contribution < -0.4 is 0 Å². The van der Waals surface area contributed by atoms with Crippen molar-refractivity contribution in [3.05, 3.63) is 30.2 Å². The molecule has 1 aromatic carbocycles. The average Bonchev–Trinajstić information content (AvgIpc) is 2.46. The Hall–Kier alpha value is -1.64. The van der Waals surface area contributed by atoms with Crippen molar-refractivity contribution in [3.8, 4) is 0 Å². The van der Waals surface area contributed by atoms with Gasteiger partial charge in [0.15, 0.2) is 5.58 Å². The fraction of sp³-hybridized carbons (Fsp3) is 0.111. The van der Waals surface area contributed by atoms with Crippen molar-refractivity contribution in [1.82, 2.24) is 4.98 Å². The number of oxazole rings is 1. The van der Waals surface area contributed by atoms with Crippen molar-refractivity contribution in [1.29, 1.82) is 0 Å². The van der Waals surface area contributed by atoms with E-state index < -0.39 is 0 Å². The number of rotatable bonds is 1. The van der Waals surface area contributed by atoms with Crippen LogP contribution in [0.25, 0.3) is 11.1 Å². The van der Waals surface area contributed by atoms with E-state index in [1.165, 1.54) is 6.92 Å². The molecule has 2 rings (SSSR count). The van der Waals surface area contributed by atoms with Crippen LogP contribution in [0.1, 0.15) is 17.6 Å². The van der Waals surface area contributed by atoms with Crippen LogP contribution in [0.4, 0.5) is 0 Å². The molecule has 60 valence electrons. The fourth-order valence-electron chi connectivity index (χ4n) is 1.02. The highest BCUT2D eigenvalue weighted by Gasteiger charge is 2.07. The molecule has 0 spiro atoms. The summed E-state index contributed by atoms with van der Waals surface area (Å²) in [4.78, 5) is 14.9. The summed E-state index contributed by atoms with van der Waals surface area (Å²) in [7, 11) is 0. The smallest absolute Gasteiger partial charge is 0.263 e. The third-order valence-corrected chi connectivity index (χ3v) is 1.60. The number of ketones is 1. The van der Waals surface area contributed by atoms with Crippen LogP contribution in [0.2, 0.25) is 0 Å². The summed E-state index contributed by atoms with van der Waals surface area (Å²) < 4.78 is 5.17. The highest BCUT2D eigenvalue weighted by atomic mass is 16.4. The molecule has 0 fully saturated rings. The van der Waals surface area contributed by atoms with Gasteiger partial charge in [0.1, 0.15) is 5.52 Å². The Morgan fingerprint density at radius 3 is 2.83 bits per heavy atom. The number of carbonyl (C=O) groups is 1. The Labute approximate surface area is 69.0 Å². The van der Waals surface area contributed by atoms with Crippen molar-refractivity contribution >= 4 is 16.9 Å². The first-order chi connectivity index (χ1) is 5.77. The Balaban J connectivity index is 2.70. The van der Waals surface area contributed by atoms with Crippen LogP contribution in [0, 0.1) is 0 Å². The molecule has 0 amide bonds. The second kappa shape index (κ2) is 2.44. The molecule has 3 nitrogen and oxygen atoms in total. The Kier molecular flexibility index (Phi) is 1.43. The van der Waals surface area contributed by atoms with Crippen LogP contribution in [0.15, 0.2) is 28.7 Å². The van der Waals surface area contributed by atoms with Crippen LogP contribution in [0.5, 0.6) is 0 Å². The van der Waals surface area contributed by atoms with Crippen molar-refractivity contribution in [2.75, 3.05) is 0 Å². The minimum absolute atomic E-state index is 0.147. The molecular formula is C9H7NO2. The van der Waals surface area contributed by atoms with Gasteiger partial charge in [-0.05, 0) is 12.1 Å². The fourth-order valence-corrected chi connectivity index (χ4v) is 1.02. The number of carbonyl (C=O) groups excluding carboxylic acids is 1. The summed E-state index contributed by atoms with van der Waals surface area (Å²) in [5, 5.41) is 0. The van der Waals surface area contributed by atoms with Gasteiger partial charge in [-0.3, -0.25) is 4.79 Å². The van der Waals surface area contributed by atoms with Crippen LogP contribution in [-0.4, -0.2) is 10.8 Å². The van der Waals surface area contributed by atoms with Gasteiger partial charge in [-0.1, -0.05) is 12.1 Å². The number of para-hydroxylation sites is 2. The zero-order valence-corrected chi connectivity index (χ0v) is 6.57. The van der Waals surface area contributed by atoms with Crippen molar-refractivity contribution in [2.24, 2.45) is 0 Å². The van der Waals surface area contributed by atoms with Gasteiger partial charge in [0.2, 0.25) is 5.78 Å². The second-order valence-electron chi connectivity index (χ2n) is 2.54. The lowest BCUT2D eigenvalue weighted by molar-refractivity contribution is 0.0983. The molecule has 0 atom stereocenters. The van der Waals surface area contributed by atoms with E-state index in [2.05, 4.69) is 4.98 Å². The lowest BCUT2D eigenvalue weighted by Gasteiger charge is -1.80. The van der Waals surface area contributed by atoms with Gasteiger partial charge in [-0.25, -0.2) is 4.98 Å². The number of fused-ring (bicyclic) bond motifs is 1. The van der Waals surface area contributed by atoms with E-state index in [1.807, 2.05) is 18.2 Å². The predicted molar refractivity (Wildman–Crippen MR) is 44.0 cm³/mol. The molecule has 0 saturated carbocycles. The molecule has 0 saturated heterocycles. The molecule has 0 radical (unpaired) electrons. The third-order valence-electron chi connectivity index (χ3n) is 1.60. The van der Waals surface area contributed by atoms with Crippen LogP contribution in [-0.2, 0) is 0 Å². The van der Waals surface area contributed by atoms with Gasteiger partial charge >= 0.3 is 0 Å². The molecule has 0 unspecified atom stereocenters. The monoisotopic (exact) mass is 161 g/mol. The maximum Gasteiger partial charge on any atom is 0.263 e. The lowest BCUT2D eigenvalue weighted by Crippen LogP contribution is -1.89. The molecule has 0 N–H and O–H groups in total. The Morgan fingerprint density at radius 2 is 2.17 bits per heavy atom. The first kappa shape index (κ1) is 7.03. The van der Waals surface area contributed by atoms with Crippen LogP contribution >= 0.6 is 0 Å². The van der Waals surface area contributed by atoms with E-state index in [0.717, 1.165) is 5.52 Å². The molecule has 1 aromatic heterocycles. The lowest BCUT2D eigenvalue weighted by atomic mass is 10.3. The molecule has 0 aliphatic carbocycles. The zero-order valence-electron chi connectivity index (χ0n) is 6.57. The molecule has 3 heteroatoms. The number of Topliss-reactive ketones (excluding diaryl/α,β-unsaturated/α-hetero) is 1. The predicted octanol–water partition coefficient (Wildman–Crippen LogP) is 2.03. The van der Waals surface area contributed by atoms with E-state index in [4.69, 9.17) is 4.42 Å². The van der Waals surface area contributed by atoms with Crippen LogP contribution in [0.3, 0.4) is 0 Å². The van der Waals surface area contributed by atoms with Gasteiger partial charge in [-0.2, -0.15) is 0 Å². The van der Waals surface area contributed by atoms with Gasteiger partial charge in [0, 0.05) is 6.92 Å². The summed E-state index contributed by atoms with van der Waals surface area (Å²) in [5.41, 5.74) is 1.38. The minimum atomic E-state index is -0.147. The number of nitrogens with zero attached hydrogens (tertiary/aromatic N) is 1. The third kappa shape index (κ3) is 0.993. The second-order valence-corrected chi connectivity index (χ2v) is 2.54. The van der Waals surface area contributed by atoms with E-state index in [-0.39, 0.29) is 11.7 Å².